The summed E-state index contributed by atoms with van der Waals surface area (Å²) >= 11 is 0. The third kappa shape index (κ3) is 5.62. The number of fused-ring (bicyclic) bond motifs is 1. The Morgan fingerprint density at radius 2 is 2.07 bits per heavy atom. The van der Waals surface area contributed by atoms with E-state index in [1.807, 2.05) is 14.1 Å². The largest absolute Gasteiger partial charge is 0.377 e. The fourth-order valence-corrected chi connectivity index (χ4v) is 4.69. The van der Waals surface area contributed by atoms with Gasteiger partial charge in [-0.1, -0.05) is 6.92 Å². The summed E-state index contributed by atoms with van der Waals surface area (Å²) < 4.78 is 20.3. The van der Waals surface area contributed by atoms with Gasteiger partial charge in [0.2, 0.25) is 5.91 Å². The van der Waals surface area contributed by atoms with Crippen molar-refractivity contribution in [3.8, 4) is 0 Å². The van der Waals surface area contributed by atoms with Crippen LogP contribution in [-0.4, -0.2) is 68.5 Å². The summed E-state index contributed by atoms with van der Waals surface area (Å²) in [5, 5.41) is 3.15. The van der Waals surface area contributed by atoms with Gasteiger partial charge in [0.15, 0.2) is 0 Å². The molecule has 0 aromatic heterocycles. The standard InChI is InChI=1S/C20H36FN3O3/c1-13-7-8-17(21)16-12-18(23-27-19(13)16)20(25)22-14-5-4-6-15(11-14)26-10-9-24(2)3/h13-19,23H,4-12H2,1-3H3,(H,22,25). The van der Waals surface area contributed by atoms with Gasteiger partial charge in [-0.15, -0.1) is 0 Å². The number of hydroxylamine groups is 1. The molecule has 1 heterocycles. The molecule has 2 aliphatic carbocycles. The Hall–Kier alpha value is -0.760. The van der Waals surface area contributed by atoms with Crippen LogP contribution >= 0.6 is 0 Å². The fraction of sp³-hybridized carbons (Fsp3) is 0.950. The van der Waals surface area contributed by atoms with Crippen molar-refractivity contribution in [1.29, 1.82) is 0 Å². The molecule has 3 rings (SSSR count). The number of halogens is 1. The van der Waals surface area contributed by atoms with Crippen LogP contribution in [0.15, 0.2) is 0 Å². The van der Waals surface area contributed by atoms with Crippen molar-refractivity contribution in [2.24, 2.45) is 11.8 Å². The summed E-state index contributed by atoms with van der Waals surface area (Å²) in [4.78, 5) is 20.5. The number of hydrogen-bond acceptors (Lipinski definition) is 5. The Labute approximate surface area is 162 Å². The smallest absolute Gasteiger partial charge is 0.239 e. The van der Waals surface area contributed by atoms with E-state index in [0.717, 1.165) is 45.3 Å². The molecule has 3 aliphatic rings. The summed E-state index contributed by atoms with van der Waals surface area (Å²) in [6.07, 6.45) is 5.08. The highest BCUT2D eigenvalue weighted by molar-refractivity contribution is 5.82. The third-order valence-corrected chi connectivity index (χ3v) is 6.38. The second-order valence-electron chi connectivity index (χ2n) is 8.89. The van der Waals surface area contributed by atoms with Gasteiger partial charge in [0, 0.05) is 18.5 Å². The van der Waals surface area contributed by atoms with E-state index in [0.29, 0.717) is 18.8 Å². The van der Waals surface area contributed by atoms with Gasteiger partial charge in [-0.05, 0) is 65.0 Å². The number of likely N-dealkylation sites (N-methyl/N-ethyl adjacent to an activating group) is 1. The molecule has 3 fully saturated rings. The van der Waals surface area contributed by atoms with Crippen molar-refractivity contribution >= 4 is 5.91 Å². The average Bonchev–Trinajstić information content (AvgIpc) is 2.64. The van der Waals surface area contributed by atoms with Crippen LogP contribution in [0.5, 0.6) is 0 Å². The zero-order valence-corrected chi connectivity index (χ0v) is 17.0. The molecule has 1 amide bonds. The van der Waals surface area contributed by atoms with Gasteiger partial charge in [0.05, 0.1) is 18.8 Å². The molecule has 0 aromatic carbocycles. The predicted molar refractivity (Wildman–Crippen MR) is 102 cm³/mol. The molecule has 0 bridgehead atoms. The predicted octanol–water partition coefficient (Wildman–Crippen LogP) is 2.04. The van der Waals surface area contributed by atoms with Crippen LogP contribution < -0.4 is 10.8 Å². The molecule has 0 spiro atoms. The number of carbonyl (C=O) groups excluding carboxylic acids is 1. The second kappa shape index (κ2) is 9.63. The van der Waals surface area contributed by atoms with Crippen LogP contribution in [0.4, 0.5) is 4.39 Å². The molecule has 1 aliphatic heterocycles. The summed E-state index contributed by atoms with van der Waals surface area (Å²) in [6, 6.07) is -0.341. The van der Waals surface area contributed by atoms with Gasteiger partial charge in [0.25, 0.3) is 0 Å². The van der Waals surface area contributed by atoms with Gasteiger partial charge in [-0.25, -0.2) is 4.39 Å². The second-order valence-corrected chi connectivity index (χ2v) is 8.89. The minimum Gasteiger partial charge on any atom is -0.377 e. The highest BCUT2D eigenvalue weighted by Crippen LogP contribution is 2.38. The Morgan fingerprint density at radius 1 is 1.26 bits per heavy atom. The molecule has 7 heteroatoms. The third-order valence-electron chi connectivity index (χ3n) is 6.38. The summed E-state index contributed by atoms with van der Waals surface area (Å²) in [6.45, 7) is 3.72. The number of nitrogens with one attached hydrogen (secondary N) is 2. The Balaban J connectivity index is 1.45. The van der Waals surface area contributed by atoms with Crippen molar-refractivity contribution in [1.82, 2.24) is 15.7 Å². The van der Waals surface area contributed by atoms with E-state index >= 15 is 0 Å². The first-order valence-electron chi connectivity index (χ1n) is 10.6. The van der Waals surface area contributed by atoms with Crippen LogP contribution in [0.25, 0.3) is 0 Å². The normalized spacial score (nSPS) is 39.8. The maximum absolute atomic E-state index is 14.4. The molecule has 0 aromatic rings. The minimum atomic E-state index is -0.868. The average molecular weight is 386 g/mol. The Bertz CT molecular complexity index is 493. The Morgan fingerprint density at radius 3 is 2.85 bits per heavy atom. The minimum absolute atomic E-state index is 0.0715. The summed E-state index contributed by atoms with van der Waals surface area (Å²) in [5.41, 5.74) is 2.90. The highest BCUT2D eigenvalue weighted by atomic mass is 19.1. The van der Waals surface area contributed by atoms with Crippen molar-refractivity contribution in [3.63, 3.8) is 0 Å². The lowest BCUT2D eigenvalue weighted by molar-refractivity contribution is -0.172. The molecule has 6 nitrogen and oxygen atoms in total. The quantitative estimate of drug-likeness (QED) is 0.733. The number of rotatable bonds is 6. The molecule has 7 atom stereocenters. The van der Waals surface area contributed by atoms with Gasteiger partial charge in [0.1, 0.15) is 12.2 Å². The number of carbonyl (C=O) groups is 1. The lowest BCUT2D eigenvalue weighted by Gasteiger charge is -2.44. The zero-order valence-electron chi connectivity index (χ0n) is 17.0. The zero-order chi connectivity index (χ0) is 19.4. The first-order valence-corrected chi connectivity index (χ1v) is 10.6. The fourth-order valence-electron chi connectivity index (χ4n) is 4.69. The number of alkyl halides is 1. The van der Waals surface area contributed by atoms with Crippen molar-refractivity contribution < 1.29 is 18.8 Å². The first kappa shape index (κ1) is 21.0. The molecule has 1 saturated heterocycles. The molecular weight excluding hydrogens is 349 g/mol. The lowest BCUT2D eigenvalue weighted by atomic mass is 9.75. The molecule has 7 unspecified atom stereocenters. The maximum Gasteiger partial charge on any atom is 0.239 e. The highest BCUT2D eigenvalue weighted by Gasteiger charge is 2.44. The maximum atomic E-state index is 14.4. The summed E-state index contributed by atoms with van der Waals surface area (Å²) in [7, 11) is 4.07. The van der Waals surface area contributed by atoms with Gasteiger partial charge in [-0.2, -0.15) is 5.48 Å². The number of amides is 1. The molecule has 2 N–H and O–H groups in total. The van der Waals surface area contributed by atoms with E-state index < -0.39 is 12.2 Å². The van der Waals surface area contributed by atoms with Crippen LogP contribution in [0.3, 0.4) is 0 Å². The summed E-state index contributed by atoms with van der Waals surface area (Å²) in [5.74, 6) is 0.0777. The van der Waals surface area contributed by atoms with Crippen molar-refractivity contribution in [2.45, 2.75) is 82.3 Å². The SMILES string of the molecule is CC1CCC(F)C2CC(C(=O)NC3CCCC(OCCN(C)C)C3)NOC12. The van der Waals surface area contributed by atoms with Crippen LogP contribution in [0, 0.1) is 11.8 Å². The first-order chi connectivity index (χ1) is 12.9. The van der Waals surface area contributed by atoms with Crippen LogP contribution in [0.2, 0.25) is 0 Å². The number of nitrogens with zero attached hydrogens (tertiary/aromatic N) is 1. The molecule has 2 saturated carbocycles. The van der Waals surface area contributed by atoms with Crippen molar-refractivity contribution in [2.75, 3.05) is 27.2 Å². The van der Waals surface area contributed by atoms with Gasteiger partial charge in [-0.3, -0.25) is 9.63 Å². The monoisotopic (exact) mass is 385 g/mol. The van der Waals surface area contributed by atoms with E-state index in [-0.39, 0.29) is 30.1 Å². The van der Waals surface area contributed by atoms with E-state index in [1.54, 1.807) is 0 Å². The molecule has 0 radical (unpaired) electrons. The lowest BCUT2D eigenvalue weighted by Crippen LogP contribution is -2.58. The molecule has 156 valence electrons. The van der Waals surface area contributed by atoms with E-state index in [2.05, 4.69) is 22.6 Å². The van der Waals surface area contributed by atoms with Crippen molar-refractivity contribution in [3.05, 3.63) is 0 Å². The number of hydrogen-bond donors (Lipinski definition) is 2. The molecule has 27 heavy (non-hydrogen) atoms. The van der Waals surface area contributed by atoms with Gasteiger partial charge >= 0.3 is 0 Å². The van der Waals surface area contributed by atoms with Crippen LogP contribution in [0.1, 0.15) is 51.9 Å². The van der Waals surface area contributed by atoms with E-state index in [1.165, 1.54) is 0 Å². The Kier molecular flexibility index (Phi) is 7.48. The topological polar surface area (TPSA) is 62.8 Å². The van der Waals surface area contributed by atoms with E-state index in [9.17, 15) is 9.18 Å². The van der Waals surface area contributed by atoms with E-state index in [4.69, 9.17) is 9.57 Å². The van der Waals surface area contributed by atoms with Gasteiger partial charge < -0.3 is 15.0 Å². The number of ether oxygens (including phenoxy) is 1. The van der Waals surface area contributed by atoms with Crippen LogP contribution in [-0.2, 0) is 14.4 Å². The molecular formula is C20H36FN3O3.